The molecular weight excluding hydrogens is 266 g/mol. The molecule has 0 aliphatic carbocycles. The van der Waals surface area contributed by atoms with E-state index in [0.29, 0.717) is 19.4 Å². The predicted molar refractivity (Wildman–Crippen MR) is 66.6 cm³/mol. The number of aliphatic carboxylic acids is 1. The van der Waals surface area contributed by atoms with E-state index in [1.54, 1.807) is 0 Å². The summed E-state index contributed by atoms with van der Waals surface area (Å²) in [5.41, 5.74) is 0. The Kier molecular flexibility index (Phi) is 4.21. The van der Waals surface area contributed by atoms with Crippen LogP contribution in [0.15, 0.2) is 0 Å². The third-order valence-electron chi connectivity index (χ3n) is 3.59. The number of urea groups is 1. The van der Waals surface area contributed by atoms with Crippen molar-refractivity contribution in [1.82, 2.24) is 15.5 Å². The first kappa shape index (κ1) is 14.3. The summed E-state index contributed by atoms with van der Waals surface area (Å²) in [6, 6.07) is -1.18. The van der Waals surface area contributed by atoms with Crippen LogP contribution >= 0.6 is 0 Å². The number of hydrogen-bond acceptors (Lipinski definition) is 4. The van der Waals surface area contributed by atoms with E-state index in [1.807, 2.05) is 0 Å². The first-order valence-corrected chi connectivity index (χ1v) is 6.59. The van der Waals surface area contributed by atoms with Gasteiger partial charge in [-0.05, 0) is 19.3 Å². The van der Waals surface area contributed by atoms with Gasteiger partial charge in [-0.25, -0.2) is 4.79 Å². The van der Waals surface area contributed by atoms with Crippen molar-refractivity contribution in [3.63, 3.8) is 0 Å². The number of carbonyl (C=O) groups is 4. The third-order valence-corrected chi connectivity index (χ3v) is 3.59. The zero-order chi connectivity index (χ0) is 14.7. The van der Waals surface area contributed by atoms with Crippen molar-refractivity contribution in [3.05, 3.63) is 0 Å². The lowest BCUT2D eigenvalue weighted by molar-refractivity contribution is -0.143. The number of likely N-dealkylation sites (tertiary alicyclic amines) is 1. The molecule has 3 N–H and O–H groups in total. The number of carboxylic acid groups (broad SMARTS) is 1. The highest BCUT2D eigenvalue weighted by atomic mass is 16.4. The molecule has 110 valence electrons. The summed E-state index contributed by atoms with van der Waals surface area (Å²) in [5.74, 6) is -2.33. The minimum atomic E-state index is -0.913. The van der Waals surface area contributed by atoms with Gasteiger partial charge in [-0.15, -0.1) is 0 Å². The van der Waals surface area contributed by atoms with Crippen LogP contribution in [0.5, 0.6) is 0 Å². The van der Waals surface area contributed by atoms with Crippen LogP contribution in [-0.2, 0) is 14.4 Å². The van der Waals surface area contributed by atoms with Crippen LogP contribution in [-0.4, -0.2) is 53.0 Å². The van der Waals surface area contributed by atoms with Gasteiger partial charge in [0.25, 0.3) is 0 Å². The summed E-state index contributed by atoms with van der Waals surface area (Å²) in [4.78, 5) is 46.9. The molecule has 0 aromatic carbocycles. The number of carbonyl (C=O) groups excluding carboxylic acids is 3. The molecule has 4 amide bonds. The van der Waals surface area contributed by atoms with Crippen LogP contribution in [0.25, 0.3) is 0 Å². The lowest BCUT2D eigenvalue weighted by Gasteiger charge is -2.32. The average molecular weight is 283 g/mol. The molecule has 2 rings (SSSR count). The second-order valence-electron chi connectivity index (χ2n) is 5.08. The second-order valence-corrected chi connectivity index (χ2v) is 5.08. The summed E-state index contributed by atoms with van der Waals surface area (Å²) in [6.07, 6.45) is 1.64. The number of nitrogens with zero attached hydrogens (tertiary/aromatic N) is 1. The minimum absolute atomic E-state index is 0.147. The highest BCUT2D eigenvalue weighted by Gasteiger charge is 2.32. The van der Waals surface area contributed by atoms with E-state index in [9.17, 15) is 19.2 Å². The first-order chi connectivity index (χ1) is 9.47. The van der Waals surface area contributed by atoms with Gasteiger partial charge in [-0.1, -0.05) is 0 Å². The Morgan fingerprint density at radius 1 is 1.30 bits per heavy atom. The van der Waals surface area contributed by atoms with Gasteiger partial charge in [0.1, 0.15) is 6.04 Å². The fourth-order valence-electron chi connectivity index (χ4n) is 2.43. The van der Waals surface area contributed by atoms with Gasteiger partial charge in [0.2, 0.25) is 11.8 Å². The van der Waals surface area contributed by atoms with Crippen molar-refractivity contribution >= 4 is 23.8 Å². The van der Waals surface area contributed by atoms with Crippen LogP contribution in [0.1, 0.15) is 25.7 Å². The average Bonchev–Trinajstić information content (AvgIpc) is 2.42. The Morgan fingerprint density at radius 3 is 2.70 bits per heavy atom. The summed E-state index contributed by atoms with van der Waals surface area (Å²) >= 11 is 0. The maximum absolute atomic E-state index is 12.0. The van der Waals surface area contributed by atoms with Gasteiger partial charge in [-0.2, -0.15) is 0 Å². The molecule has 0 aromatic rings. The van der Waals surface area contributed by atoms with Crippen LogP contribution in [0, 0.1) is 5.92 Å². The second kappa shape index (κ2) is 5.89. The van der Waals surface area contributed by atoms with Gasteiger partial charge in [-0.3, -0.25) is 19.7 Å². The topological polar surface area (TPSA) is 116 Å². The zero-order valence-corrected chi connectivity index (χ0v) is 10.9. The van der Waals surface area contributed by atoms with Crippen LogP contribution in [0.2, 0.25) is 0 Å². The van der Waals surface area contributed by atoms with Crippen molar-refractivity contribution in [2.24, 2.45) is 5.92 Å². The third kappa shape index (κ3) is 3.25. The highest BCUT2D eigenvalue weighted by Crippen LogP contribution is 2.17. The predicted octanol–water partition coefficient (Wildman–Crippen LogP) is -0.702. The van der Waals surface area contributed by atoms with Crippen molar-refractivity contribution in [2.75, 3.05) is 13.1 Å². The van der Waals surface area contributed by atoms with E-state index < -0.39 is 29.9 Å². The zero-order valence-electron chi connectivity index (χ0n) is 10.9. The standard InChI is InChI=1S/C12H17N3O5/c16-9-4-3-8(10(17)14-9)13-12(20)15-5-1-2-7(6-15)11(18)19/h7-8H,1-6H2,(H,13,20)(H,18,19)(H,14,16,17). The molecule has 2 aliphatic heterocycles. The van der Waals surface area contributed by atoms with E-state index in [4.69, 9.17) is 5.11 Å². The highest BCUT2D eigenvalue weighted by molar-refractivity contribution is 6.01. The van der Waals surface area contributed by atoms with E-state index >= 15 is 0 Å². The smallest absolute Gasteiger partial charge is 0.318 e. The molecule has 2 aliphatic rings. The first-order valence-electron chi connectivity index (χ1n) is 6.59. The lowest BCUT2D eigenvalue weighted by Crippen LogP contribution is -2.56. The van der Waals surface area contributed by atoms with E-state index in [0.717, 1.165) is 0 Å². The molecule has 2 heterocycles. The van der Waals surface area contributed by atoms with Gasteiger partial charge >= 0.3 is 12.0 Å². The maximum Gasteiger partial charge on any atom is 0.318 e. The lowest BCUT2D eigenvalue weighted by atomic mass is 9.98. The Bertz CT molecular complexity index is 450. The molecule has 2 atom stereocenters. The fourth-order valence-corrected chi connectivity index (χ4v) is 2.43. The summed E-state index contributed by atoms with van der Waals surface area (Å²) in [5, 5.41) is 13.7. The minimum Gasteiger partial charge on any atom is -0.481 e. The monoisotopic (exact) mass is 283 g/mol. The fraction of sp³-hybridized carbons (Fsp3) is 0.667. The van der Waals surface area contributed by atoms with Gasteiger partial charge in [0, 0.05) is 19.5 Å². The van der Waals surface area contributed by atoms with E-state index in [2.05, 4.69) is 10.6 Å². The van der Waals surface area contributed by atoms with Gasteiger partial charge in [0.15, 0.2) is 0 Å². The van der Waals surface area contributed by atoms with Crippen LogP contribution in [0.3, 0.4) is 0 Å². The molecule has 0 saturated carbocycles. The largest absolute Gasteiger partial charge is 0.481 e. The van der Waals surface area contributed by atoms with Gasteiger partial charge < -0.3 is 15.3 Å². The Balaban J connectivity index is 1.89. The van der Waals surface area contributed by atoms with Crippen molar-refractivity contribution in [1.29, 1.82) is 0 Å². The summed E-state index contributed by atoms with van der Waals surface area (Å²) in [6.45, 7) is 0.622. The molecule has 0 radical (unpaired) electrons. The van der Waals surface area contributed by atoms with Crippen LogP contribution in [0.4, 0.5) is 4.79 Å². The summed E-state index contributed by atoms with van der Waals surface area (Å²) < 4.78 is 0. The quantitative estimate of drug-likeness (QED) is 0.579. The molecule has 20 heavy (non-hydrogen) atoms. The normalized spacial score (nSPS) is 26.9. The number of piperidine rings is 2. The number of hydrogen-bond donors (Lipinski definition) is 3. The number of carboxylic acids is 1. The molecule has 2 saturated heterocycles. The maximum atomic E-state index is 12.0. The molecule has 0 spiro atoms. The van der Waals surface area contributed by atoms with Crippen LogP contribution < -0.4 is 10.6 Å². The molecule has 2 fully saturated rings. The molecule has 0 bridgehead atoms. The molecule has 8 nitrogen and oxygen atoms in total. The number of nitrogens with one attached hydrogen (secondary N) is 2. The van der Waals surface area contributed by atoms with Crippen molar-refractivity contribution in [2.45, 2.75) is 31.7 Å². The Morgan fingerprint density at radius 2 is 2.05 bits per heavy atom. The SMILES string of the molecule is O=C1CCC(NC(=O)N2CCCC(C(=O)O)C2)C(=O)N1. The molecule has 8 heteroatoms. The Labute approximate surface area is 115 Å². The van der Waals surface area contributed by atoms with Crippen molar-refractivity contribution < 1.29 is 24.3 Å². The van der Waals surface area contributed by atoms with Gasteiger partial charge in [0.05, 0.1) is 5.92 Å². The van der Waals surface area contributed by atoms with E-state index in [1.165, 1.54) is 4.90 Å². The van der Waals surface area contributed by atoms with Crippen molar-refractivity contribution in [3.8, 4) is 0 Å². The molecule has 0 aromatic heterocycles. The number of amides is 4. The molecular formula is C12H17N3O5. The number of imide groups is 1. The van der Waals surface area contributed by atoms with E-state index in [-0.39, 0.29) is 25.3 Å². The molecule has 2 unspecified atom stereocenters. The summed E-state index contributed by atoms with van der Waals surface area (Å²) in [7, 11) is 0. The Hall–Kier alpha value is -2.12. The number of rotatable bonds is 2.